The minimum absolute atomic E-state index is 0.0359. The molecule has 2 aromatic heterocycles. The van der Waals surface area contributed by atoms with Crippen LogP contribution in [0.1, 0.15) is 25.5 Å². The summed E-state index contributed by atoms with van der Waals surface area (Å²) in [4.78, 5) is 11.9. The second-order valence-electron chi connectivity index (χ2n) is 10.4. The topological polar surface area (TPSA) is 112 Å². The van der Waals surface area contributed by atoms with Gasteiger partial charge in [-0.15, -0.1) is 0 Å². The van der Waals surface area contributed by atoms with Gasteiger partial charge in [0.25, 0.3) is 0 Å². The Hall–Kier alpha value is -0.863. The maximum absolute atomic E-state index is 10.0. The zero-order valence-electron chi connectivity index (χ0n) is 19.5. The minimum Gasteiger partial charge on any atom is -0.390 e. The summed E-state index contributed by atoms with van der Waals surface area (Å²) in [5, 5.41) is 14.6. The zero-order chi connectivity index (χ0) is 23.1. The van der Waals surface area contributed by atoms with Crippen LogP contribution in [-0.2, 0) is 22.8 Å². The van der Waals surface area contributed by atoms with Gasteiger partial charge in [-0.3, -0.25) is 0 Å². The molecule has 0 unspecified atom stereocenters. The fourth-order valence-corrected chi connectivity index (χ4v) is 5.97. The lowest BCUT2D eigenvalue weighted by molar-refractivity contribution is 0.0810. The number of rotatable bonds is 7. The molecule has 4 heterocycles. The SMILES string of the molecule is C[C@@H]1OCC2(CCN(c3nc4c(nc3CO)c(I)nn4COCC[Si](C)(C)C)CC2)[C@@H]1N. The minimum atomic E-state index is -1.15. The number of nitrogens with zero attached hydrogens (tertiary/aromatic N) is 5. The molecule has 0 aromatic carbocycles. The van der Waals surface area contributed by atoms with Crippen molar-refractivity contribution in [1.82, 2.24) is 19.7 Å². The lowest BCUT2D eigenvalue weighted by atomic mass is 9.73. The van der Waals surface area contributed by atoms with Crippen molar-refractivity contribution in [3.63, 3.8) is 0 Å². The van der Waals surface area contributed by atoms with Gasteiger partial charge in [-0.1, -0.05) is 19.6 Å². The normalized spacial score (nSPS) is 23.5. The first kappa shape index (κ1) is 24.3. The highest BCUT2D eigenvalue weighted by atomic mass is 127. The van der Waals surface area contributed by atoms with Crippen LogP contribution in [-0.4, -0.2) is 71.4 Å². The second kappa shape index (κ2) is 9.41. The highest BCUT2D eigenvalue weighted by Gasteiger charge is 2.47. The van der Waals surface area contributed by atoms with Gasteiger partial charge in [-0.25, -0.2) is 14.6 Å². The first-order valence-corrected chi connectivity index (χ1v) is 16.2. The molecule has 2 fully saturated rings. The van der Waals surface area contributed by atoms with Gasteiger partial charge in [0.1, 0.15) is 17.9 Å². The van der Waals surface area contributed by atoms with Gasteiger partial charge in [0.2, 0.25) is 0 Å². The number of anilines is 1. The first-order chi connectivity index (χ1) is 15.1. The van der Waals surface area contributed by atoms with E-state index in [1.54, 1.807) is 4.68 Å². The Kier molecular flexibility index (Phi) is 7.14. The Morgan fingerprint density at radius 3 is 2.59 bits per heavy atom. The molecule has 2 aliphatic rings. The molecule has 0 amide bonds. The average Bonchev–Trinajstić information content (AvgIpc) is 3.21. The molecule has 11 heteroatoms. The molecule has 0 saturated carbocycles. The van der Waals surface area contributed by atoms with E-state index in [0.29, 0.717) is 23.6 Å². The van der Waals surface area contributed by atoms with Gasteiger partial charge in [0.05, 0.1) is 19.3 Å². The van der Waals surface area contributed by atoms with Crippen molar-refractivity contribution in [3.8, 4) is 0 Å². The van der Waals surface area contributed by atoms with E-state index in [1.807, 2.05) is 0 Å². The summed E-state index contributed by atoms with van der Waals surface area (Å²) in [7, 11) is -1.15. The van der Waals surface area contributed by atoms with Crippen LogP contribution in [0.15, 0.2) is 0 Å². The molecule has 178 valence electrons. The Balaban J connectivity index is 1.54. The number of aliphatic hydroxyl groups excluding tert-OH is 1. The Bertz CT molecular complexity index is 957. The molecule has 3 N–H and O–H groups in total. The summed E-state index contributed by atoms with van der Waals surface area (Å²) >= 11 is 2.17. The average molecular weight is 575 g/mol. The van der Waals surface area contributed by atoms with E-state index >= 15 is 0 Å². The standard InChI is InChI=1S/C21H35IN6O3Si/c1-14-17(23)21(12-31-14)5-7-27(8-6-21)19-15(11-29)24-16-18(22)26-28(20(16)25-19)13-30-9-10-32(2,3)4/h14,17,29H,5-13,23H2,1-4H3/t14-,17+/m0/s1. The van der Waals surface area contributed by atoms with Crippen LogP contribution in [0, 0.1) is 9.12 Å². The van der Waals surface area contributed by atoms with Gasteiger partial charge < -0.3 is 25.2 Å². The van der Waals surface area contributed by atoms with Crippen molar-refractivity contribution in [3.05, 3.63) is 9.39 Å². The fourth-order valence-electron chi connectivity index (χ4n) is 4.59. The number of ether oxygens (including phenoxy) is 2. The maximum atomic E-state index is 10.0. The Labute approximate surface area is 204 Å². The van der Waals surface area contributed by atoms with Crippen LogP contribution < -0.4 is 10.6 Å². The molecular formula is C21H35IN6O3Si. The lowest BCUT2D eigenvalue weighted by Gasteiger charge is -2.41. The number of piperidine rings is 1. The van der Waals surface area contributed by atoms with Gasteiger partial charge in [0, 0.05) is 39.2 Å². The van der Waals surface area contributed by atoms with E-state index in [-0.39, 0.29) is 24.2 Å². The molecule has 2 aromatic rings. The number of hydrogen-bond donors (Lipinski definition) is 2. The monoisotopic (exact) mass is 574 g/mol. The van der Waals surface area contributed by atoms with Crippen molar-refractivity contribution in [1.29, 1.82) is 0 Å². The van der Waals surface area contributed by atoms with E-state index < -0.39 is 8.07 Å². The smallest absolute Gasteiger partial charge is 0.182 e. The maximum Gasteiger partial charge on any atom is 0.182 e. The molecule has 4 rings (SSSR count). The van der Waals surface area contributed by atoms with E-state index in [2.05, 4.69) is 59.2 Å². The summed E-state index contributed by atoms with van der Waals surface area (Å²) in [5.74, 6) is 0.732. The zero-order valence-corrected chi connectivity index (χ0v) is 22.6. The predicted octanol–water partition coefficient (Wildman–Crippen LogP) is 2.57. The van der Waals surface area contributed by atoms with Gasteiger partial charge in [-0.05, 0) is 48.4 Å². The van der Waals surface area contributed by atoms with Crippen LogP contribution in [0.25, 0.3) is 11.2 Å². The summed E-state index contributed by atoms with van der Waals surface area (Å²) < 4.78 is 14.3. The van der Waals surface area contributed by atoms with E-state index in [4.69, 9.17) is 25.2 Å². The van der Waals surface area contributed by atoms with Crippen molar-refractivity contribution in [2.45, 2.75) is 70.9 Å². The van der Waals surface area contributed by atoms with Crippen molar-refractivity contribution < 1.29 is 14.6 Å². The molecular weight excluding hydrogens is 539 g/mol. The largest absolute Gasteiger partial charge is 0.390 e. The molecule has 32 heavy (non-hydrogen) atoms. The van der Waals surface area contributed by atoms with Crippen LogP contribution in [0.2, 0.25) is 25.7 Å². The quantitative estimate of drug-likeness (QED) is 0.295. The van der Waals surface area contributed by atoms with Crippen molar-refractivity contribution in [2.75, 3.05) is 31.2 Å². The molecule has 0 radical (unpaired) electrons. The van der Waals surface area contributed by atoms with Crippen molar-refractivity contribution in [2.24, 2.45) is 11.1 Å². The van der Waals surface area contributed by atoms with E-state index in [0.717, 1.165) is 54.7 Å². The molecule has 1 spiro atoms. The van der Waals surface area contributed by atoms with Crippen molar-refractivity contribution >= 4 is 47.6 Å². The third-order valence-corrected chi connectivity index (χ3v) is 9.27. The number of fused-ring (bicyclic) bond motifs is 1. The molecule has 0 aliphatic carbocycles. The Morgan fingerprint density at radius 1 is 1.28 bits per heavy atom. The van der Waals surface area contributed by atoms with Crippen LogP contribution in [0.3, 0.4) is 0 Å². The summed E-state index contributed by atoms with van der Waals surface area (Å²) in [5.41, 5.74) is 8.51. The highest BCUT2D eigenvalue weighted by Crippen LogP contribution is 2.42. The molecule has 0 bridgehead atoms. The van der Waals surface area contributed by atoms with Gasteiger partial charge >= 0.3 is 0 Å². The number of halogens is 1. The molecule has 9 nitrogen and oxygen atoms in total. The van der Waals surface area contributed by atoms with E-state index in [9.17, 15) is 5.11 Å². The second-order valence-corrected chi connectivity index (χ2v) is 17.0. The summed E-state index contributed by atoms with van der Waals surface area (Å²) in [6, 6.07) is 1.17. The summed E-state index contributed by atoms with van der Waals surface area (Å²) in [6.45, 7) is 12.3. The van der Waals surface area contributed by atoms with Crippen LogP contribution >= 0.6 is 22.6 Å². The number of aliphatic hydroxyl groups is 1. The third-order valence-electron chi connectivity index (χ3n) is 6.84. The van der Waals surface area contributed by atoms with Gasteiger partial charge in [-0.2, -0.15) is 5.10 Å². The molecule has 2 atom stereocenters. The highest BCUT2D eigenvalue weighted by molar-refractivity contribution is 14.1. The van der Waals surface area contributed by atoms with Crippen LogP contribution in [0.5, 0.6) is 0 Å². The first-order valence-electron chi connectivity index (χ1n) is 11.4. The van der Waals surface area contributed by atoms with E-state index in [1.165, 1.54) is 0 Å². The fraction of sp³-hybridized carbons (Fsp3) is 0.762. The number of nitrogens with two attached hydrogens (primary N) is 1. The Morgan fingerprint density at radius 2 is 2.00 bits per heavy atom. The number of hydrogen-bond acceptors (Lipinski definition) is 8. The molecule has 2 saturated heterocycles. The molecule has 2 aliphatic heterocycles. The third kappa shape index (κ3) is 4.83. The summed E-state index contributed by atoms with van der Waals surface area (Å²) in [6.07, 6.45) is 1.99. The number of aromatic nitrogens is 4. The van der Waals surface area contributed by atoms with Crippen LogP contribution in [0.4, 0.5) is 5.82 Å². The predicted molar refractivity (Wildman–Crippen MR) is 135 cm³/mol. The van der Waals surface area contributed by atoms with Gasteiger partial charge in [0.15, 0.2) is 15.2 Å². The lowest BCUT2D eigenvalue weighted by Crippen LogP contribution is -2.51.